The van der Waals surface area contributed by atoms with Crippen LogP contribution in [-0.2, 0) is 0 Å². The van der Waals surface area contributed by atoms with Gasteiger partial charge in [0.25, 0.3) is 0 Å². The maximum Gasteiger partial charge on any atom is 0.336 e. The first-order valence-corrected chi connectivity index (χ1v) is 16.2. The van der Waals surface area contributed by atoms with Crippen LogP contribution in [0.25, 0.3) is 11.1 Å². The summed E-state index contributed by atoms with van der Waals surface area (Å²) in [5, 5.41) is 19.4. The molecule has 0 saturated carbocycles. The molecule has 2 aromatic rings. The number of carboxylic acids is 2. The average Bonchev–Trinajstić information content (AvgIpc) is 2.98. The van der Waals surface area contributed by atoms with E-state index in [1.54, 1.807) is 36.4 Å². The third-order valence-electron chi connectivity index (χ3n) is 7.59. The van der Waals surface area contributed by atoms with Crippen LogP contribution < -0.4 is 0 Å². The number of hydrogen-bond donors (Lipinski definition) is 2. The Hall–Kier alpha value is -3.50. The lowest BCUT2D eigenvalue weighted by Crippen LogP contribution is -2.02. The summed E-state index contributed by atoms with van der Waals surface area (Å²) in [5.41, 5.74) is 2.89. The van der Waals surface area contributed by atoms with Crippen LogP contribution in [0.5, 0.6) is 0 Å². The molecule has 2 N–H and O–H groups in total. The molecule has 0 saturated heterocycles. The summed E-state index contributed by atoms with van der Waals surface area (Å²) < 4.78 is 0. The second-order valence-electron chi connectivity index (χ2n) is 11.2. The lowest BCUT2D eigenvalue weighted by atomic mass is 9.96. The van der Waals surface area contributed by atoms with Crippen LogP contribution in [0.1, 0.15) is 161 Å². The van der Waals surface area contributed by atoms with Gasteiger partial charge in [-0.05, 0) is 48.2 Å². The summed E-state index contributed by atoms with van der Waals surface area (Å²) in [5.74, 6) is 10.5. The van der Waals surface area contributed by atoms with Crippen molar-refractivity contribution in [3.05, 3.63) is 58.7 Å². The first-order valence-electron chi connectivity index (χ1n) is 16.2. The van der Waals surface area contributed by atoms with Crippen molar-refractivity contribution >= 4 is 11.9 Å². The molecular weight excluding hydrogens is 520 g/mol. The maximum atomic E-state index is 11.8. The minimum absolute atomic E-state index is 0.176. The van der Waals surface area contributed by atoms with Gasteiger partial charge in [-0.1, -0.05) is 140 Å². The van der Waals surface area contributed by atoms with Crippen LogP contribution in [0.2, 0.25) is 0 Å². The molecule has 4 nitrogen and oxygen atoms in total. The summed E-state index contributed by atoms with van der Waals surface area (Å²) >= 11 is 0. The van der Waals surface area contributed by atoms with E-state index in [1.165, 1.54) is 77.0 Å². The quantitative estimate of drug-likeness (QED) is 0.130. The van der Waals surface area contributed by atoms with Crippen molar-refractivity contribution in [3.63, 3.8) is 0 Å². The largest absolute Gasteiger partial charge is 0.478 e. The SMILES string of the molecule is CCCCCCCCCCC#Cc1cc(-c2ccc(C(=O)O)c(C#CCCCCCCCCCC)c2)ccc1C(=O)O. The number of hydrogen-bond acceptors (Lipinski definition) is 2. The van der Waals surface area contributed by atoms with Gasteiger partial charge in [0.15, 0.2) is 0 Å². The summed E-state index contributed by atoms with van der Waals surface area (Å²) in [7, 11) is 0. The maximum absolute atomic E-state index is 11.8. The highest BCUT2D eigenvalue weighted by Gasteiger charge is 2.13. The molecule has 0 spiro atoms. The highest BCUT2D eigenvalue weighted by Crippen LogP contribution is 2.25. The number of benzene rings is 2. The smallest absolute Gasteiger partial charge is 0.336 e. The molecule has 2 aromatic carbocycles. The molecule has 0 bridgehead atoms. The number of unbranched alkanes of at least 4 members (excludes halogenated alkanes) is 16. The predicted octanol–water partition coefficient (Wildman–Crippen LogP) is 10.5. The average molecular weight is 571 g/mol. The number of carbonyl (C=O) groups is 2. The molecule has 0 fully saturated rings. The molecule has 0 atom stereocenters. The summed E-state index contributed by atoms with van der Waals surface area (Å²) in [6.07, 6.45) is 21.2. The minimum atomic E-state index is -1.01. The van der Waals surface area contributed by atoms with Crippen LogP contribution in [0.4, 0.5) is 0 Å². The monoisotopic (exact) mass is 570 g/mol. The van der Waals surface area contributed by atoms with Gasteiger partial charge in [-0.3, -0.25) is 0 Å². The van der Waals surface area contributed by atoms with E-state index >= 15 is 0 Å². The van der Waals surface area contributed by atoms with Crippen molar-refractivity contribution < 1.29 is 19.8 Å². The van der Waals surface area contributed by atoms with Crippen molar-refractivity contribution in [2.24, 2.45) is 0 Å². The third kappa shape index (κ3) is 13.4. The molecule has 0 aromatic heterocycles. The Kier molecular flexibility index (Phi) is 17.5. The molecule has 0 radical (unpaired) electrons. The third-order valence-corrected chi connectivity index (χ3v) is 7.59. The normalized spacial score (nSPS) is 10.4. The van der Waals surface area contributed by atoms with Crippen LogP contribution in [0, 0.1) is 23.7 Å². The summed E-state index contributed by atoms with van der Waals surface area (Å²) in [6.45, 7) is 4.45. The van der Waals surface area contributed by atoms with Gasteiger partial charge in [0.2, 0.25) is 0 Å². The van der Waals surface area contributed by atoms with Crippen molar-refractivity contribution in [1.29, 1.82) is 0 Å². The van der Waals surface area contributed by atoms with Gasteiger partial charge in [0.1, 0.15) is 0 Å². The van der Waals surface area contributed by atoms with E-state index in [0.717, 1.165) is 49.7 Å². The van der Waals surface area contributed by atoms with Crippen LogP contribution in [0.3, 0.4) is 0 Å². The zero-order valence-corrected chi connectivity index (χ0v) is 25.9. The molecule has 0 heterocycles. The fraction of sp³-hybridized carbons (Fsp3) is 0.526. The van der Waals surface area contributed by atoms with Crippen LogP contribution >= 0.6 is 0 Å². The van der Waals surface area contributed by atoms with Gasteiger partial charge >= 0.3 is 11.9 Å². The van der Waals surface area contributed by atoms with Gasteiger partial charge in [-0.15, -0.1) is 0 Å². The Morgan fingerprint density at radius 1 is 0.524 bits per heavy atom. The number of carboxylic acid groups (broad SMARTS) is 2. The van der Waals surface area contributed by atoms with Crippen LogP contribution in [0.15, 0.2) is 36.4 Å². The zero-order chi connectivity index (χ0) is 30.4. The van der Waals surface area contributed by atoms with E-state index in [9.17, 15) is 19.8 Å². The van der Waals surface area contributed by atoms with Crippen molar-refractivity contribution in [2.75, 3.05) is 0 Å². The van der Waals surface area contributed by atoms with Gasteiger partial charge < -0.3 is 10.2 Å². The van der Waals surface area contributed by atoms with Gasteiger partial charge in [0, 0.05) is 24.0 Å². The highest BCUT2D eigenvalue weighted by molar-refractivity contribution is 5.93. The molecule has 2 rings (SSSR count). The predicted molar refractivity (Wildman–Crippen MR) is 174 cm³/mol. The number of aromatic carboxylic acids is 2. The molecule has 0 unspecified atom stereocenters. The molecule has 0 aliphatic rings. The van der Waals surface area contributed by atoms with E-state index in [1.807, 2.05) is 0 Å². The second kappa shape index (κ2) is 21.2. The van der Waals surface area contributed by atoms with Crippen molar-refractivity contribution in [1.82, 2.24) is 0 Å². The lowest BCUT2D eigenvalue weighted by Gasteiger charge is -2.08. The molecule has 4 heteroatoms. The summed E-state index contributed by atoms with van der Waals surface area (Å²) in [4.78, 5) is 23.7. The fourth-order valence-corrected chi connectivity index (χ4v) is 5.04. The molecular formula is C38H50O4. The van der Waals surface area contributed by atoms with E-state index in [4.69, 9.17) is 0 Å². The Labute approximate surface area is 254 Å². The van der Waals surface area contributed by atoms with E-state index < -0.39 is 11.9 Å². The van der Waals surface area contributed by atoms with Crippen molar-refractivity contribution in [3.8, 4) is 34.8 Å². The number of rotatable bonds is 19. The highest BCUT2D eigenvalue weighted by atomic mass is 16.4. The standard InChI is InChI=1S/C38H50O4/c1-3-5-7-9-11-13-15-17-19-21-23-33-29-31(25-27-35(33)37(39)40)32-26-28-36(38(41)42)34(30-32)24-22-20-18-16-14-12-10-8-6-4-2/h25-30H,3-20H2,1-2H3,(H,39,40)(H,41,42). The van der Waals surface area contributed by atoms with E-state index in [0.29, 0.717) is 11.1 Å². The lowest BCUT2D eigenvalue weighted by molar-refractivity contribution is 0.0685. The fourth-order valence-electron chi connectivity index (χ4n) is 5.04. The topological polar surface area (TPSA) is 74.6 Å². The molecule has 0 aliphatic heterocycles. The zero-order valence-electron chi connectivity index (χ0n) is 25.9. The molecule has 42 heavy (non-hydrogen) atoms. The van der Waals surface area contributed by atoms with E-state index in [-0.39, 0.29) is 11.1 Å². The van der Waals surface area contributed by atoms with Gasteiger partial charge in [0.05, 0.1) is 11.1 Å². The van der Waals surface area contributed by atoms with Crippen molar-refractivity contribution in [2.45, 2.75) is 129 Å². The molecule has 0 aliphatic carbocycles. The van der Waals surface area contributed by atoms with Gasteiger partial charge in [-0.25, -0.2) is 9.59 Å². The second-order valence-corrected chi connectivity index (χ2v) is 11.2. The molecule has 226 valence electrons. The Balaban J connectivity index is 2.06. The Morgan fingerprint density at radius 2 is 0.857 bits per heavy atom. The first-order chi connectivity index (χ1) is 20.5. The first kappa shape index (κ1) is 34.7. The van der Waals surface area contributed by atoms with Gasteiger partial charge in [-0.2, -0.15) is 0 Å². The minimum Gasteiger partial charge on any atom is -0.478 e. The van der Waals surface area contributed by atoms with Crippen LogP contribution in [-0.4, -0.2) is 22.2 Å². The Bertz CT molecular complexity index is 1140. The summed E-state index contributed by atoms with van der Waals surface area (Å²) in [6, 6.07) is 10.2. The Morgan fingerprint density at radius 3 is 1.19 bits per heavy atom. The van der Waals surface area contributed by atoms with E-state index in [2.05, 4.69) is 37.5 Å². The molecule has 0 amide bonds.